The van der Waals surface area contributed by atoms with Crippen LogP contribution in [-0.2, 0) is 23.9 Å². The number of nitrogens with zero attached hydrogens (tertiary/aromatic N) is 1. The van der Waals surface area contributed by atoms with E-state index in [9.17, 15) is 27.6 Å². The highest BCUT2D eigenvalue weighted by atomic mass is 32.2. The molecule has 1 aromatic carbocycles. The summed E-state index contributed by atoms with van der Waals surface area (Å²) < 4.78 is 26.4. The molecular weight excluding hydrogens is 390 g/mol. The zero-order chi connectivity index (χ0) is 20.5. The molecule has 150 valence electrons. The molecule has 11 heteroatoms. The Labute approximate surface area is 161 Å². The Morgan fingerprint density at radius 3 is 2.57 bits per heavy atom. The summed E-state index contributed by atoms with van der Waals surface area (Å²) >= 11 is 0. The molecule has 1 atom stereocenters. The molecule has 2 heterocycles. The van der Waals surface area contributed by atoms with E-state index in [2.05, 4.69) is 14.8 Å². The number of carbonyl (C=O) groups is 4. The standard InChI is InChI=1S/C17H19N3O7S/c1-28(25,26)27-8-2-7-18-10-3-4-11-12(9-10)17(24)20(16(11)23)13-5-6-14(21)19-15(13)22/h3-4,9,13,18H,2,5-8H2,1H3,(H,19,21,22). The SMILES string of the molecule is CS(=O)(=O)OCCCNc1ccc2c(c1)C(=O)N(C1CCC(=O)NC1=O)C2=O. The second kappa shape index (κ2) is 7.68. The van der Waals surface area contributed by atoms with E-state index in [1.165, 1.54) is 12.1 Å². The van der Waals surface area contributed by atoms with Crippen LogP contribution in [0.4, 0.5) is 5.69 Å². The van der Waals surface area contributed by atoms with Gasteiger partial charge in [0.05, 0.1) is 24.0 Å². The highest BCUT2D eigenvalue weighted by Crippen LogP contribution is 2.29. The predicted octanol–water partition coefficient (Wildman–Crippen LogP) is -0.134. The van der Waals surface area contributed by atoms with Crippen molar-refractivity contribution in [1.82, 2.24) is 10.2 Å². The van der Waals surface area contributed by atoms with Crippen molar-refractivity contribution in [2.24, 2.45) is 0 Å². The summed E-state index contributed by atoms with van der Waals surface area (Å²) in [6, 6.07) is 3.63. The number of rotatable bonds is 7. The third-order valence-electron chi connectivity index (χ3n) is 4.39. The Kier molecular flexibility index (Phi) is 5.47. The Morgan fingerprint density at radius 1 is 1.18 bits per heavy atom. The van der Waals surface area contributed by atoms with Crippen LogP contribution in [0.2, 0.25) is 0 Å². The highest BCUT2D eigenvalue weighted by Gasteiger charge is 2.44. The smallest absolute Gasteiger partial charge is 0.264 e. The van der Waals surface area contributed by atoms with Gasteiger partial charge in [0.1, 0.15) is 6.04 Å². The van der Waals surface area contributed by atoms with Gasteiger partial charge in [-0.2, -0.15) is 8.42 Å². The first-order chi connectivity index (χ1) is 13.2. The third kappa shape index (κ3) is 4.20. The molecule has 2 N–H and O–H groups in total. The lowest BCUT2D eigenvalue weighted by molar-refractivity contribution is -0.136. The summed E-state index contributed by atoms with van der Waals surface area (Å²) in [4.78, 5) is 49.5. The molecule has 1 aromatic rings. The molecule has 0 spiro atoms. The number of carbonyl (C=O) groups excluding carboxylic acids is 4. The van der Waals surface area contributed by atoms with E-state index in [1.807, 2.05) is 0 Å². The van der Waals surface area contributed by atoms with Gasteiger partial charge in [-0.25, -0.2) is 0 Å². The third-order valence-corrected chi connectivity index (χ3v) is 4.98. The van der Waals surface area contributed by atoms with Crippen LogP contribution < -0.4 is 10.6 Å². The van der Waals surface area contributed by atoms with Crippen molar-refractivity contribution < 1.29 is 31.8 Å². The van der Waals surface area contributed by atoms with Crippen LogP contribution >= 0.6 is 0 Å². The molecule has 4 amide bonds. The van der Waals surface area contributed by atoms with Crippen LogP contribution in [0.5, 0.6) is 0 Å². The van der Waals surface area contributed by atoms with E-state index in [0.29, 0.717) is 18.7 Å². The van der Waals surface area contributed by atoms with E-state index in [0.717, 1.165) is 11.2 Å². The summed E-state index contributed by atoms with van der Waals surface area (Å²) in [6.45, 7) is 0.421. The normalized spacial score (nSPS) is 19.6. The van der Waals surface area contributed by atoms with E-state index in [4.69, 9.17) is 0 Å². The number of benzene rings is 1. The molecule has 0 radical (unpaired) electrons. The Morgan fingerprint density at radius 2 is 1.89 bits per heavy atom. The summed E-state index contributed by atoms with van der Waals surface area (Å²) in [6.07, 6.45) is 1.55. The van der Waals surface area contributed by atoms with Gasteiger partial charge in [-0.3, -0.25) is 33.6 Å². The number of hydrogen-bond acceptors (Lipinski definition) is 8. The lowest BCUT2D eigenvalue weighted by Crippen LogP contribution is -2.54. The maximum absolute atomic E-state index is 12.7. The van der Waals surface area contributed by atoms with Crippen LogP contribution in [0.3, 0.4) is 0 Å². The number of fused-ring (bicyclic) bond motifs is 1. The van der Waals surface area contributed by atoms with Crippen molar-refractivity contribution in [3.8, 4) is 0 Å². The van der Waals surface area contributed by atoms with Crippen LogP contribution in [0.1, 0.15) is 40.0 Å². The van der Waals surface area contributed by atoms with E-state index >= 15 is 0 Å². The minimum atomic E-state index is -3.48. The monoisotopic (exact) mass is 409 g/mol. The van der Waals surface area contributed by atoms with Crippen molar-refractivity contribution in [2.45, 2.75) is 25.3 Å². The van der Waals surface area contributed by atoms with E-state index in [-0.39, 0.29) is 30.6 Å². The number of nitrogens with one attached hydrogen (secondary N) is 2. The first-order valence-corrected chi connectivity index (χ1v) is 10.4. The molecule has 0 aliphatic carbocycles. The largest absolute Gasteiger partial charge is 0.385 e. The van der Waals surface area contributed by atoms with Crippen molar-refractivity contribution >= 4 is 39.4 Å². The molecule has 28 heavy (non-hydrogen) atoms. The maximum Gasteiger partial charge on any atom is 0.264 e. The van der Waals surface area contributed by atoms with Crippen LogP contribution in [-0.4, -0.2) is 62.4 Å². The van der Waals surface area contributed by atoms with Gasteiger partial charge < -0.3 is 5.32 Å². The fourth-order valence-electron chi connectivity index (χ4n) is 3.10. The summed E-state index contributed by atoms with van der Waals surface area (Å²) in [5, 5.41) is 5.17. The van der Waals surface area contributed by atoms with Crippen LogP contribution in [0.15, 0.2) is 18.2 Å². The number of anilines is 1. The number of amides is 4. The highest BCUT2D eigenvalue weighted by molar-refractivity contribution is 7.85. The lowest BCUT2D eigenvalue weighted by Gasteiger charge is -2.27. The molecule has 1 saturated heterocycles. The molecular formula is C17H19N3O7S. The van der Waals surface area contributed by atoms with Crippen LogP contribution in [0.25, 0.3) is 0 Å². The lowest BCUT2D eigenvalue weighted by atomic mass is 10.0. The summed E-state index contributed by atoms with van der Waals surface area (Å²) in [7, 11) is -3.48. The Hall–Kier alpha value is -2.79. The molecule has 1 fully saturated rings. The first-order valence-electron chi connectivity index (χ1n) is 8.61. The molecule has 10 nitrogen and oxygen atoms in total. The fourth-order valence-corrected chi connectivity index (χ4v) is 3.52. The second-order valence-corrected chi connectivity index (χ2v) is 8.16. The van der Waals surface area contributed by atoms with Crippen molar-refractivity contribution in [2.75, 3.05) is 24.7 Å². The number of imide groups is 2. The van der Waals surface area contributed by atoms with Gasteiger partial charge in [0.2, 0.25) is 11.8 Å². The van der Waals surface area contributed by atoms with Crippen molar-refractivity contribution in [3.05, 3.63) is 29.3 Å². The van der Waals surface area contributed by atoms with Crippen LogP contribution in [0, 0.1) is 0 Å². The second-order valence-electron chi connectivity index (χ2n) is 6.51. The minimum Gasteiger partial charge on any atom is -0.385 e. The average molecular weight is 409 g/mol. The molecule has 0 aromatic heterocycles. The van der Waals surface area contributed by atoms with Gasteiger partial charge in [0.15, 0.2) is 0 Å². The van der Waals surface area contributed by atoms with Crippen molar-refractivity contribution in [3.63, 3.8) is 0 Å². The van der Waals surface area contributed by atoms with E-state index in [1.54, 1.807) is 6.07 Å². The van der Waals surface area contributed by atoms with Gasteiger partial charge >= 0.3 is 0 Å². The molecule has 3 rings (SSSR count). The fraction of sp³-hybridized carbons (Fsp3) is 0.412. The maximum atomic E-state index is 12.7. The molecule has 0 bridgehead atoms. The van der Waals surface area contributed by atoms with Gasteiger partial charge in [0, 0.05) is 18.7 Å². The quantitative estimate of drug-likeness (QED) is 0.361. The topological polar surface area (TPSA) is 139 Å². The van der Waals surface area contributed by atoms with Gasteiger partial charge in [-0.1, -0.05) is 0 Å². The van der Waals surface area contributed by atoms with Crippen molar-refractivity contribution in [1.29, 1.82) is 0 Å². The Balaban J connectivity index is 1.66. The van der Waals surface area contributed by atoms with Gasteiger partial charge in [-0.05, 0) is 31.0 Å². The molecule has 0 saturated carbocycles. The zero-order valence-corrected chi connectivity index (χ0v) is 15.9. The molecule has 2 aliphatic heterocycles. The predicted molar refractivity (Wildman–Crippen MR) is 97.0 cm³/mol. The van der Waals surface area contributed by atoms with Gasteiger partial charge in [0.25, 0.3) is 21.9 Å². The zero-order valence-electron chi connectivity index (χ0n) is 15.1. The first kappa shape index (κ1) is 20.0. The summed E-state index contributed by atoms with van der Waals surface area (Å²) in [5.74, 6) is -2.24. The number of piperidine rings is 1. The molecule has 1 unspecified atom stereocenters. The number of hydrogen-bond donors (Lipinski definition) is 2. The Bertz CT molecular complexity index is 957. The molecule has 2 aliphatic rings. The van der Waals surface area contributed by atoms with Gasteiger partial charge in [-0.15, -0.1) is 0 Å². The minimum absolute atomic E-state index is 0.0253. The average Bonchev–Trinajstić information content (AvgIpc) is 2.85. The summed E-state index contributed by atoms with van der Waals surface area (Å²) in [5.41, 5.74) is 0.942. The van der Waals surface area contributed by atoms with E-state index < -0.39 is 39.8 Å².